The summed E-state index contributed by atoms with van der Waals surface area (Å²) >= 11 is 0. The van der Waals surface area contributed by atoms with Crippen LogP contribution in [0.4, 0.5) is 11.4 Å². The van der Waals surface area contributed by atoms with Gasteiger partial charge in [-0.05, 0) is 19.4 Å². The topological polar surface area (TPSA) is 104 Å². The maximum atomic E-state index is 11.0. The van der Waals surface area contributed by atoms with Crippen molar-refractivity contribution in [2.45, 2.75) is 19.4 Å². The Morgan fingerprint density at radius 1 is 1.59 bits per heavy atom. The van der Waals surface area contributed by atoms with E-state index in [0.29, 0.717) is 29.8 Å². The predicted molar refractivity (Wildman–Crippen MR) is 66.0 cm³/mol. The molecule has 17 heavy (non-hydrogen) atoms. The number of hydrogen-bond donors (Lipinski definition) is 4. The molecule has 0 spiro atoms. The van der Waals surface area contributed by atoms with Crippen molar-refractivity contribution in [2.75, 3.05) is 17.6 Å². The summed E-state index contributed by atoms with van der Waals surface area (Å²) in [5.74, 6) is -0.500. The van der Waals surface area contributed by atoms with E-state index >= 15 is 0 Å². The zero-order valence-corrected chi connectivity index (χ0v) is 9.49. The molecule has 2 rings (SSSR count). The highest BCUT2D eigenvalue weighted by Gasteiger charge is 2.06. The van der Waals surface area contributed by atoms with E-state index in [9.17, 15) is 4.79 Å². The highest BCUT2D eigenvalue weighted by Crippen LogP contribution is 2.24. The summed E-state index contributed by atoms with van der Waals surface area (Å²) in [6, 6.07) is 3.32. The molecule has 0 aliphatic carbocycles. The molecular formula is C11H15N3O3. The molecule has 0 bridgehead atoms. The molecule has 0 saturated carbocycles. The molecule has 6 nitrogen and oxygen atoms in total. The van der Waals surface area contributed by atoms with Crippen LogP contribution in [0.25, 0.3) is 11.1 Å². The van der Waals surface area contributed by atoms with Crippen molar-refractivity contribution in [1.82, 2.24) is 4.98 Å². The second kappa shape index (κ2) is 4.50. The maximum absolute atomic E-state index is 11.0. The summed E-state index contributed by atoms with van der Waals surface area (Å²) in [7, 11) is 0. The summed E-state index contributed by atoms with van der Waals surface area (Å²) in [5.41, 5.74) is 8.07. The van der Waals surface area contributed by atoms with Gasteiger partial charge in [0.1, 0.15) is 0 Å². The number of aromatic nitrogens is 1. The Balaban J connectivity index is 2.21. The lowest BCUT2D eigenvalue weighted by Crippen LogP contribution is -2.10. The number of aromatic amines is 1. The van der Waals surface area contributed by atoms with E-state index in [2.05, 4.69) is 10.3 Å². The second-order valence-corrected chi connectivity index (χ2v) is 4.01. The van der Waals surface area contributed by atoms with Gasteiger partial charge in [-0.3, -0.25) is 4.98 Å². The molecule has 5 N–H and O–H groups in total. The van der Waals surface area contributed by atoms with Crippen LogP contribution in [0.15, 0.2) is 21.3 Å². The lowest BCUT2D eigenvalue weighted by Gasteiger charge is -2.10. The summed E-state index contributed by atoms with van der Waals surface area (Å²) in [6.07, 6.45) is 0.264. The van der Waals surface area contributed by atoms with Gasteiger partial charge in [0.2, 0.25) is 0 Å². The first-order valence-corrected chi connectivity index (χ1v) is 5.40. The van der Waals surface area contributed by atoms with Crippen molar-refractivity contribution >= 4 is 22.5 Å². The Bertz CT molecular complexity index is 571. The molecule has 0 amide bonds. The molecule has 1 atom stereocenters. The van der Waals surface area contributed by atoms with Crippen molar-refractivity contribution in [3.63, 3.8) is 0 Å². The summed E-state index contributed by atoms with van der Waals surface area (Å²) in [6.45, 7) is 2.33. The first-order chi connectivity index (χ1) is 8.06. The molecule has 92 valence electrons. The third kappa shape index (κ3) is 2.59. The van der Waals surface area contributed by atoms with Crippen LogP contribution in [0.1, 0.15) is 13.3 Å². The van der Waals surface area contributed by atoms with Gasteiger partial charge in [0.05, 0.1) is 23.0 Å². The minimum absolute atomic E-state index is 0.360. The average Bonchev–Trinajstić information content (AvgIpc) is 2.57. The zero-order chi connectivity index (χ0) is 12.4. The Labute approximate surface area is 97.4 Å². The molecule has 0 fully saturated rings. The van der Waals surface area contributed by atoms with Crippen LogP contribution in [0, 0.1) is 0 Å². The molecule has 1 aromatic heterocycles. The summed E-state index contributed by atoms with van der Waals surface area (Å²) < 4.78 is 4.89. The van der Waals surface area contributed by atoms with Gasteiger partial charge in [0, 0.05) is 12.6 Å². The number of benzene rings is 1. The highest BCUT2D eigenvalue weighted by molar-refractivity contribution is 5.85. The number of aliphatic hydroxyl groups is 1. The number of nitrogens with one attached hydrogen (secondary N) is 2. The SMILES string of the molecule is CC(O)CCNc1cc2[nH]c(=O)oc2cc1N. The van der Waals surface area contributed by atoms with Gasteiger partial charge in [-0.15, -0.1) is 0 Å². The molecule has 0 aliphatic rings. The van der Waals surface area contributed by atoms with Crippen LogP contribution in [0.3, 0.4) is 0 Å². The summed E-state index contributed by atoms with van der Waals surface area (Å²) in [5, 5.41) is 12.2. The summed E-state index contributed by atoms with van der Waals surface area (Å²) in [4.78, 5) is 13.6. The number of nitrogens with two attached hydrogens (primary N) is 1. The molecule has 0 aliphatic heterocycles. The Morgan fingerprint density at radius 2 is 2.35 bits per heavy atom. The number of H-pyrrole nitrogens is 1. The Morgan fingerprint density at radius 3 is 3.06 bits per heavy atom. The van der Waals surface area contributed by atoms with Crippen molar-refractivity contribution < 1.29 is 9.52 Å². The van der Waals surface area contributed by atoms with Gasteiger partial charge < -0.3 is 20.6 Å². The van der Waals surface area contributed by atoms with Gasteiger partial charge in [0.25, 0.3) is 0 Å². The van der Waals surface area contributed by atoms with Crippen molar-refractivity contribution in [3.8, 4) is 0 Å². The molecule has 6 heteroatoms. The van der Waals surface area contributed by atoms with Gasteiger partial charge in [-0.2, -0.15) is 0 Å². The molecule has 1 aromatic carbocycles. The van der Waals surface area contributed by atoms with E-state index in [1.807, 2.05) is 0 Å². The minimum Gasteiger partial charge on any atom is -0.408 e. The molecule has 1 unspecified atom stereocenters. The van der Waals surface area contributed by atoms with Crippen molar-refractivity contribution in [3.05, 3.63) is 22.7 Å². The van der Waals surface area contributed by atoms with Crippen LogP contribution >= 0.6 is 0 Å². The lowest BCUT2D eigenvalue weighted by atomic mass is 10.2. The molecule has 1 heterocycles. The molecule has 0 radical (unpaired) electrons. The van der Waals surface area contributed by atoms with E-state index < -0.39 is 5.76 Å². The number of anilines is 2. The molecular weight excluding hydrogens is 222 g/mol. The van der Waals surface area contributed by atoms with E-state index in [0.717, 1.165) is 5.69 Å². The monoisotopic (exact) mass is 237 g/mol. The quantitative estimate of drug-likeness (QED) is 0.591. The van der Waals surface area contributed by atoms with Gasteiger partial charge in [-0.1, -0.05) is 0 Å². The third-order valence-electron chi connectivity index (χ3n) is 2.47. The Kier molecular flexibility index (Phi) is 3.06. The van der Waals surface area contributed by atoms with Crippen LogP contribution in [0.2, 0.25) is 0 Å². The van der Waals surface area contributed by atoms with Crippen molar-refractivity contribution in [1.29, 1.82) is 0 Å². The number of hydrogen-bond acceptors (Lipinski definition) is 5. The maximum Gasteiger partial charge on any atom is 0.417 e. The van der Waals surface area contributed by atoms with E-state index in [1.54, 1.807) is 19.1 Å². The number of fused-ring (bicyclic) bond motifs is 1. The fraction of sp³-hybridized carbons (Fsp3) is 0.364. The lowest BCUT2D eigenvalue weighted by molar-refractivity contribution is 0.189. The molecule has 2 aromatic rings. The number of rotatable bonds is 4. The van der Waals surface area contributed by atoms with E-state index in [1.165, 1.54) is 0 Å². The largest absolute Gasteiger partial charge is 0.417 e. The smallest absolute Gasteiger partial charge is 0.408 e. The Hall–Kier alpha value is -1.95. The predicted octanol–water partition coefficient (Wildman–Crippen LogP) is 0.886. The van der Waals surface area contributed by atoms with E-state index in [-0.39, 0.29) is 6.10 Å². The van der Waals surface area contributed by atoms with Crippen LogP contribution in [-0.2, 0) is 0 Å². The van der Waals surface area contributed by atoms with Crippen LogP contribution < -0.4 is 16.8 Å². The fourth-order valence-electron chi connectivity index (χ4n) is 1.58. The zero-order valence-electron chi connectivity index (χ0n) is 9.49. The second-order valence-electron chi connectivity index (χ2n) is 4.01. The standard InChI is InChI=1S/C11H15N3O3/c1-6(15)2-3-13-8-5-9-10(4-7(8)12)17-11(16)14-9/h4-6,13,15H,2-3,12H2,1H3,(H,14,16). The molecule has 0 saturated heterocycles. The van der Waals surface area contributed by atoms with Gasteiger partial charge in [0.15, 0.2) is 5.58 Å². The fourth-order valence-corrected chi connectivity index (χ4v) is 1.58. The number of oxazole rings is 1. The average molecular weight is 237 g/mol. The van der Waals surface area contributed by atoms with E-state index in [4.69, 9.17) is 15.3 Å². The van der Waals surface area contributed by atoms with Gasteiger partial charge >= 0.3 is 5.76 Å². The number of nitrogen functional groups attached to an aromatic ring is 1. The first-order valence-electron chi connectivity index (χ1n) is 5.40. The van der Waals surface area contributed by atoms with Crippen molar-refractivity contribution in [2.24, 2.45) is 0 Å². The number of aliphatic hydroxyl groups excluding tert-OH is 1. The highest BCUT2D eigenvalue weighted by atomic mass is 16.4. The first kappa shape index (κ1) is 11.5. The van der Waals surface area contributed by atoms with Gasteiger partial charge in [-0.25, -0.2) is 4.79 Å². The van der Waals surface area contributed by atoms with Crippen LogP contribution in [0.5, 0.6) is 0 Å². The third-order valence-corrected chi connectivity index (χ3v) is 2.47. The van der Waals surface area contributed by atoms with Crippen LogP contribution in [-0.4, -0.2) is 22.7 Å². The normalized spacial score (nSPS) is 12.8. The minimum atomic E-state index is -0.500.